The molecule has 1 aromatic heterocycles. The molecule has 2 atom stereocenters. The third kappa shape index (κ3) is 6.33. The minimum atomic E-state index is -4.27. The molecule has 0 aliphatic rings. The van der Waals surface area contributed by atoms with Crippen LogP contribution in [0.3, 0.4) is 0 Å². The number of hydrogen-bond donors (Lipinski definition) is 3. The van der Waals surface area contributed by atoms with Gasteiger partial charge in [-0.05, 0) is 12.8 Å². The van der Waals surface area contributed by atoms with Crippen LogP contribution >= 0.6 is 0 Å². The Morgan fingerprint density at radius 3 is 2.65 bits per heavy atom. The maximum atomic E-state index is 12.0. The highest BCUT2D eigenvalue weighted by Crippen LogP contribution is 2.22. The van der Waals surface area contributed by atoms with Gasteiger partial charge in [-0.1, -0.05) is 0 Å². The highest BCUT2D eigenvalue weighted by molar-refractivity contribution is 7.92. The molecule has 0 amide bonds. The van der Waals surface area contributed by atoms with Crippen LogP contribution in [0.4, 0.5) is 13.2 Å². The van der Waals surface area contributed by atoms with Gasteiger partial charge in [-0.15, -0.1) is 0 Å². The van der Waals surface area contributed by atoms with Gasteiger partial charge in [-0.2, -0.15) is 18.3 Å². The molecule has 1 rings (SSSR count). The summed E-state index contributed by atoms with van der Waals surface area (Å²) in [5, 5.41) is 6.32. The Hall–Kier alpha value is -1.16. The first-order chi connectivity index (χ1) is 9.23. The number of nitrogens with zero attached hydrogens (tertiary/aromatic N) is 2. The van der Waals surface area contributed by atoms with Crippen molar-refractivity contribution in [1.29, 1.82) is 4.78 Å². The van der Waals surface area contributed by atoms with Gasteiger partial charge in [0.15, 0.2) is 0 Å². The number of rotatable bonds is 8. The largest absolute Gasteiger partial charge is 0.389 e. The first-order valence-electron chi connectivity index (χ1n) is 6.10. The van der Waals surface area contributed by atoms with Crippen molar-refractivity contribution in [2.45, 2.75) is 31.4 Å². The standard InChI is InChI=1S/C10H18F3N5OS/c11-10(12,13)3-1-4-20(15,19)5-2-8(6-14)9-16-7-17-18-9/h7-8,15H,1-6,14H2,(H,16,17,18). The fraction of sp³-hybridized carbons (Fsp3) is 0.800. The first kappa shape index (κ1) is 16.9. The van der Waals surface area contributed by atoms with Crippen LogP contribution in [-0.2, 0) is 9.73 Å². The van der Waals surface area contributed by atoms with Gasteiger partial charge in [-0.25, -0.2) is 9.19 Å². The van der Waals surface area contributed by atoms with Crippen molar-refractivity contribution in [3.8, 4) is 0 Å². The van der Waals surface area contributed by atoms with E-state index in [1.54, 1.807) is 0 Å². The summed E-state index contributed by atoms with van der Waals surface area (Å²) in [6.07, 6.45) is -3.92. The predicted octanol–water partition coefficient (Wildman–Crippen LogP) is 1.63. The second kappa shape index (κ2) is 7.02. The van der Waals surface area contributed by atoms with E-state index in [1.807, 2.05) is 0 Å². The van der Waals surface area contributed by atoms with Crippen LogP contribution in [0.5, 0.6) is 0 Å². The topological polar surface area (TPSA) is 109 Å². The molecule has 2 unspecified atom stereocenters. The molecule has 10 heteroatoms. The average Bonchev–Trinajstić information content (AvgIpc) is 2.81. The van der Waals surface area contributed by atoms with Crippen LogP contribution in [0.25, 0.3) is 0 Å². The van der Waals surface area contributed by atoms with E-state index in [9.17, 15) is 17.4 Å². The second-order valence-corrected chi connectivity index (χ2v) is 6.97. The third-order valence-corrected chi connectivity index (χ3v) is 4.68. The van der Waals surface area contributed by atoms with E-state index in [2.05, 4.69) is 15.2 Å². The molecule has 116 valence electrons. The summed E-state index contributed by atoms with van der Waals surface area (Å²) in [5.74, 6) is 0.0810. The molecular weight excluding hydrogens is 295 g/mol. The van der Waals surface area contributed by atoms with E-state index < -0.39 is 22.3 Å². The molecule has 0 aliphatic carbocycles. The fourth-order valence-electron chi connectivity index (χ4n) is 1.72. The van der Waals surface area contributed by atoms with Crippen molar-refractivity contribution in [2.24, 2.45) is 5.73 Å². The Labute approximate surface area is 115 Å². The van der Waals surface area contributed by atoms with Crippen molar-refractivity contribution in [3.63, 3.8) is 0 Å². The lowest BCUT2D eigenvalue weighted by Gasteiger charge is -2.13. The van der Waals surface area contributed by atoms with E-state index in [1.165, 1.54) is 6.33 Å². The summed E-state index contributed by atoms with van der Waals surface area (Å²) in [7, 11) is -3.02. The molecule has 0 bridgehead atoms. The lowest BCUT2D eigenvalue weighted by molar-refractivity contribution is -0.134. The molecule has 20 heavy (non-hydrogen) atoms. The first-order valence-corrected chi connectivity index (χ1v) is 7.99. The molecule has 0 aliphatic heterocycles. The Morgan fingerprint density at radius 2 is 2.15 bits per heavy atom. The maximum absolute atomic E-state index is 12.0. The van der Waals surface area contributed by atoms with Crippen molar-refractivity contribution in [3.05, 3.63) is 12.2 Å². The number of halogens is 3. The fourth-order valence-corrected chi connectivity index (χ4v) is 3.20. The van der Waals surface area contributed by atoms with Gasteiger partial charge in [0.1, 0.15) is 12.2 Å². The Balaban J connectivity index is 2.42. The summed E-state index contributed by atoms with van der Waals surface area (Å²) in [4.78, 5) is 3.93. The summed E-state index contributed by atoms with van der Waals surface area (Å²) in [6, 6.07) is 0. The van der Waals surface area contributed by atoms with Gasteiger partial charge in [-0.3, -0.25) is 9.88 Å². The summed E-state index contributed by atoms with van der Waals surface area (Å²) >= 11 is 0. The molecule has 0 saturated carbocycles. The zero-order valence-electron chi connectivity index (χ0n) is 10.8. The molecule has 6 nitrogen and oxygen atoms in total. The second-order valence-electron chi connectivity index (χ2n) is 4.53. The van der Waals surface area contributed by atoms with Gasteiger partial charge in [0.05, 0.1) is 0 Å². The van der Waals surface area contributed by atoms with Gasteiger partial charge in [0.25, 0.3) is 0 Å². The van der Waals surface area contributed by atoms with E-state index >= 15 is 0 Å². The van der Waals surface area contributed by atoms with Gasteiger partial charge >= 0.3 is 6.18 Å². The Kier molecular flexibility index (Phi) is 5.93. The van der Waals surface area contributed by atoms with Crippen LogP contribution in [0.15, 0.2) is 6.33 Å². The molecular formula is C10H18F3N5OS. The van der Waals surface area contributed by atoms with E-state index in [4.69, 9.17) is 10.5 Å². The lowest BCUT2D eigenvalue weighted by atomic mass is 10.1. The number of aromatic nitrogens is 3. The molecule has 1 heterocycles. The Bertz CT molecular complexity index is 485. The monoisotopic (exact) mass is 313 g/mol. The number of hydrogen-bond acceptors (Lipinski definition) is 5. The Morgan fingerprint density at radius 1 is 1.45 bits per heavy atom. The molecule has 0 radical (unpaired) electrons. The molecule has 0 saturated heterocycles. The number of aromatic amines is 1. The molecule has 0 aromatic carbocycles. The zero-order valence-corrected chi connectivity index (χ0v) is 11.6. The molecule has 0 spiro atoms. The average molecular weight is 313 g/mol. The zero-order chi connectivity index (χ0) is 15.2. The van der Waals surface area contributed by atoms with Crippen molar-refractivity contribution < 1.29 is 17.4 Å². The minimum Gasteiger partial charge on any atom is -0.330 e. The SMILES string of the molecule is N=S(=O)(CCCC(F)(F)F)CCC(CN)c1ncn[nH]1. The highest BCUT2D eigenvalue weighted by atomic mass is 32.2. The number of alkyl halides is 3. The lowest BCUT2D eigenvalue weighted by Crippen LogP contribution is -2.20. The van der Waals surface area contributed by atoms with Gasteiger partial charge < -0.3 is 5.73 Å². The number of nitrogens with two attached hydrogens (primary N) is 1. The van der Waals surface area contributed by atoms with Crippen molar-refractivity contribution in [2.75, 3.05) is 18.1 Å². The molecule has 4 N–H and O–H groups in total. The van der Waals surface area contributed by atoms with E-state index in [0.717, 1.165) is 0 Å². The third-order valence-electron chi connectivity index (χ3n) is 2.84. The van der Waals surface area contributed by atoms with Crippen LogP contribution in [0, 0.1) is 4.78 Å². The van der Waals surface area contributed by atoms with Crippen LogP contribution in [-0.4, -0.2) is 43.6 Å². The van der Waals surface area contributed by atoms with E-state index in [-0.39, 0.29) is 30.4 Å². The molecule has 0 fully saturated rings. The summed E-state index contributed by atoms with van der Waals surface area (Å²) < 4.78 is 55.5. The normalized spacial score (nSPS) is 16.8. The van der Waals surface area contributed by atoms with Crippen molar-refractivity contribution >= 4 is 9.73 Å². The van der Waals surface area contributed by atoms with Crippen LogP contribution < -0.4 is 5.73 Å². The van der Waals surface area contributed by atoms with Crippen LogP contribution in [0.2, 0.25) is 0 Å². The van der Waals surface area contributed by atoms with Gasteiger partial charge in [0, 0.05) is 40.1 Å². The predicted molar refractivity (Wildman–Crippen MR) is 68.7 cm³/mol. The highest BCUT2D eigenvalue weighted by Gasteiger charge is 2.27. The summed E-state index contributed by atoms with van der Waals surface area (Å²) in [6.45, 7) is 0.243. The maximum Gasteiger partial charge on any atom is 0.389 e. The summed E-state index contributed by atoms with van der Waals surface area (Å²) in [5.41, 5.74) is 5.56. The quantitative estimate of drug-likeness (QED) is 0.677. The van der Waals surface area contributed by atoms with E-state index in [0.29, 0.717) is 12.2 Å². The number of nitrogens with one attached hydrogen (secondary N) is 2. The minimum absolute atomic E-state index is 0.00736. The van der Waals surface area contributed by atoms with Gasteiger partial charge in [0.2, 0.25) is 0 Å². The molecule has 1 aromatic rings. The smallest absolute Gasteiger partial charge is 0.330 e. The van der Waals surface area contributed by atoms with Crippen LogP contribution in [0.1, 0.15) is 31.0 Å². The number of H-pyrrole nitrogens is 1. The van der Waals surface area contributed by atoms with Crippen molar-refractivity contribution in [1.82, 2.24) is 15.2 Å².